The summed E-state index contributed by atoms with van der Waals surface area (Å²) in [5, 5.41) is 10.5. The maximum absolute atomic E-state index is 12.3. The van der Waals surface area contributed by atoms with Crippen molar-refractivity contribution in [2.75, 3.05) is 17.2 Å². The molecule has 1 atom stereocenters. The first-order valence-electron chi connectivity index (χ1n) is 12.3. The smallest absolute Gasteiger partial charge is 0.241 e. The molecule has 4 nitrogen and oxygen atoms in total. The summed E-state index contributed by atoms with van der Waals surface area (Å²) in [7, 11) is 0. The molecule has 4 bridgehead atoms. The van der Waals surface area contributed by atoms with E-state index in [9.17, 15) is 4.79 Å². The average molecular weight is 450 g/mol. The monoisotopic (exact) mass is 449 g/mol. The average Bonchev–Trinajstić information content (AvgIpc) is 3.31. The molecule has 0 aromatic heterocycles. The van der Waals surface area contributed by atoms with Crippen molar-refractivity contribution in [1.82, 2.24) is 5.32 Å². The molecule has 7 rings (SSSR count). The van der Waals surface area contributed by atoms with Gasteiger partial charge < -0.3 is 16.0 Å². The second kappa shape index (κ2) is 8.07. The predicted octanol–water partition coefficient (Wildman–Crippen LogP) is 6.24. The van der Waals surface area contributed by atoms with Crippen molar-refractivity contribution in [3.8, 4) is 0 Å². The van der Waals surface area contributed by atoms with Gasteiger partial charge in [-0.15, -0.1) is 0 Å². The highest BCUT2D eigenvalue weighted by Crippen LogP contribution is 2.61. The molecular weight excluding hydrogens is 418 g/mol. The molecular formula is C27H32ClN3O. The predicted molar refractivity (Wildman–Crippen MR) is 131 cm³/mol. The van der Waals surface area contributed by atoms with Gasteiger partial charge >= 0.3 is 0 Å². The fourth-order valence-electron chi connectivity index (χ4n) is 7.34. The Morgan fingerprint density at radius 2 is 1.59 bits per heavy atom. The molecule has 2 aromatic carbocycles. The number of halogens is 1. The first-order chi connectivity index (χ1) is 15.6. The van der Waals surface area contributed by atoms with E-state index in [0.29, 0.717) is 5.41 Å². The molecule has 4 aliphatic carbocycles. The van der Waals surface area contributed by atoms with Gasteiger partial charge in [0.15, 0.2) is 0 Å². The second-order valence-electron chi connectivity index (χ2n) is 10.7. The van der Waals surface area contributed by atoms with Crippen LogP contribution in [0.1, 0.15) is 56.9 Å². The number of carbonyl (C=O) groups excluding carboxylic acids is 1. The van der Waals surface area contributed by atoms with E-state index in [4.69, 9.17) is 11.6 Å². The van der Waals surface area contributed by atoms with Crippen LogP contribution in [0.25, 0.3) is 0 Å². The maximum atomic E-state index is 12.3. The number of carbonyl (C=O) groups is 1. The van der Waals surface area contributed by atoms with Crippen LogP contribution in [-0.4, -0.2) is 18.5 Å². The molecule has 1 saturated heterocycles. The van der Waals surface area contributed by atoms with Gasteiger partial charge in [0.1, 0.15) is 0 Å². The molecule has 5 fully saturated rings. The van der Waals surface area contributed by atoms with Crippen molar-refractivity contribution in [2.24, 2.45) is 17.8 Å². The summed E-state index contributed by atoms with van der Waals surface area (Å²) in [4.78, 5) is 12.3. The summed E-state index contributed by atoms with van der Waals surface area (Å²) in [6.45, 7) is 0.920. The number of hydrogen-bond acceptors (Lipinski definition) is 3. The number of amides is 1. The standard InChI is InChI=1S/C27H32ClN3O/c28-23-13-20(27-14-17-10-18(15-27)12-19(11-17)16-27)3-8-24(23)30-21-4-6-22(7-5-21)31-26(32)25-2-1-9-29-25/h3-8,13,17-19,25,29-30H,1-2,9-12,14-16H2,(H,31,32)/t17?,18?,19?,25-,27?/m0/s1. The molecule has 1 aliphatic heterocycles. The van der Waals surface area contributed by atoms with Crippen LogP contribution in [0.2, 0.25) is 5.02 Å². The van der Waals surface area contributed by atoms with Crippen LogP contribution in [0.5, 0.6) is 0 Å². The molecule has 2 aromatic rings. The van der Waals surface area contributed by atoms with Gasteiger partial charge in [0.25, 0.3) is 0 Å². The molecule has 32 heavy (non-hydrogen) atoms. The largest absolute Gasteiger partial charge is 0.354 e. The van der Waals surface area contributed by atoms with Crippen molar-refractivity contribution in [1.29, 1.82) is 0 Å². The Morgan fingerprint density at radius 3 is 2.19 bits per heavy atom. The van der Waals surface area contributed by atoms with E-state index < -0.39 is 0 Å². The Kier molecular flexibility index (Phi) is 5.19. The van der Waals surface area contributed by atoms with Crippen LogP contribution >= 0.6 is 11.6 Å². The van der Waals surface area contributed by atoms with Crippen molar-refractivity contribution in [3.63, 3.8) is 0 Å². The van der Waals surface area contributed by atoms with E-state index >= 15 is 0 Å². The minimum absolute atomic E-state index is 0.0477. The van der Waals surface area contributed by atoms with Crippen LogP contribution < -0.4 is 16.0 Å². The summed E-state index contributed by atoms with van der Waals surface area (Å²) >= 11 is 6.77. The molecule has 0 radical (unpaired) electrons. The summed E-state index contributed by atoms with van der Waals surface area (Å²) in [6, 6.07) is 14.5. The van der Waals surface area contributed by atoms with Gasteiger partial charge in [-0.25, -0.2) is 0 Å². The molecule has 1 amide bonds. The van der Waals surface area contributed by atoms with Gasteiger partial charge in [0, 0.05) is 11.4 Å². The molecule has 4 saturated carbocycles. The third-order valence-corrected chi connectivity index (χ3v) is 8.74. The number of hydrogen-bond donors (Lipinski definition) is 3. The van der Waals surface area contributed by atoms with Crippen molar-refractivity contribution in [2.45, 2.75) is 62.8 Å². The highest BCUT2D eigenvalue weighted by atomic mass is 35.5. The third-order valence-electron chi connectivity index (χ3n) is 8.43. The lowest BCUT2D eigenvalue weighted by Crippen LogP contribution is -2.48. The van der Waals surface area contributed by atoms with Crippen LogP contribution in [0, 0.1) is 17.8 Å². The molecule has 3 N–H and O–H groups in total. The van der Waals surface area contributed by atoms with E-state index in [0.717, 1.165) is 59.2 Å². The summed E-state index contributed by atoms with van der Waals surface area (Å²) in [6.07, 6.45) is 10.4. The van der Waals surface area contributed by atoms with E-state index in [1.54, 1.807) is 0 Å². The third kappa shape index (κ3) is 3.82. The number of anilines is 3. The van der Waals surface area contributed by atoms with E-state index in [2.05, 4.69) is 34.1 Å². The quantitative estimate of drug-likeness (QED) is 0.506. The Bertz CT molecular complexity index is 977. The topological polar surface area (TPSA) is 53.2 Å². The molecule has 0 unspecified atom stereocenters. The van der Waals surface area contributed by atoms with Gasteiger partial charge in [-0.2, -0.15) is 0 Å². The van der Waals surface area contributed by atoms with Gasteiger partial charge in [-0.3, -0.25) is 4.79 Å². The second-order valence-corrected chi connectivity index (χ2v) is 11.1. The van der Waals surface area contributed by atoms with Gasteiger partial charge in [-0.05, 0) is 123 Å². The minimum atomic E-state index is -0.0703. The zero-order valence-electron chi connectivity index (χ0n) is 18.5. The van der Waals surface area contributed by atoms with Crippen LogP contribution in [0.4, 0.5) is 17.1 Å². The summed E-state index contributed by atoms with van der Waals surface area (Å²) < 4.78 is 0. The maximum Gasteiger partial charge on any atom is 0.241 e. The van der Waals surface area contributed by atoms with Crippen LogP contribution in [0.3, 0.4) is 0 Å². The van der Waals surface area contributed by atoms with E-state index in [1.807, 2.05) is 24.3 Å². The number of rotatable bonds is 5. The van der Waals surface area contributed by atoms with Gasteiger partial charge in [0.2, 0.25) is 5.91 Å². The highest BCUT2D eigenvalue weighted by Gasteiger charge is 2.51. The van der Waals surface area contributed by atoms with Crippen LogP contribution in [-0.2, 0) is 10.2 Å². The first kappa shape index (κ1) is 20.6. The first-order valence-corrected chi connectivity index (χ1v) is 12.7. The fraction of sp³-hybridized carbons (Fsp3) is 0.519. The Labute approximate surface area is 195 Å². The van der Waals surface area contributed by atoms with Gasteiger partial charge in [-0.1, -0.05) is 17.7 Å². The lowest BCUT2D eigenvalue weighted by Gasteiger charge is -2.57. The molecule has 0 spiro atoms. The Balaban J connectivity index is 1.14. The minimum Gasteiger partial charge on any atom is -0.354 e. The molecule has 168 valence electrons. The number of nitrogens with one attached hydrogen (secondary N) is 3. The normalized spacial score (nSPS) is 32.8. The summed E-state index contributed by atoms with van der Waals surface area (Å²) in [5.41, 5.74) is 4.53. The number of benzene rings is 2. The zero-order chi connectivity index (χ0) is 21.7. The van der Waals surface area contributed by atoms with E-state index in [-0.39, 0.29) is 11.9 Å². The zero-order valence-corrected chi connectivity index (χ0v) is 19.3. The van der Waals surface area contributed by atoms with Crippen molar-refractivity contribution >= 4 is 34.6 Å². The Hall–Kier alpha value is -2.04. The molecule has 5 aliphatic rings. The van der Waals surface area contributed by atoms with Crippen LogP contribution in [0.15, 0.2) is 42.5 Å². The highest BCUT2D eigenvalue weighted by molar-refractivity contribution is 6.33. The lowest BCUT2D eigenvalue weighted by atomic mass is 9.48. The lowest BCUT2D eigenvalue weighted by molar-refractivity contribution is -0.117. The fourth-order valence-corrected chi connectivity index (χ4v) is 7.57. The summed E-state index contributed by atoms with van der Waals surface area (Å²) in [5.74, 6) is 2.84. The molecule has 5 heteroatoms. The van der Waals surface area contributed by atoms with Gasteiger partial charge in [0.05, 0.1) is 16.8 Å². The van der Waals surface area contributed by atoms with Crippen molar-refractivity contribution in [3.05, 3.63) is 53.1 Å². The van der Waals surface area contributed by atoms with Crippen molar-refractivity contribution < 1.29 is 4.79 Å². The SMILES string of the molecule is O=C(Nc1ccc(Nc2ccc(C34CC5CC(CC(C5)C3)C4)cc2Cl)cc1)[C@@H]1CCCN1. The molecule has 1 heterocycles. The Morgan fingerprint density at radius 1 is 0.938 bits per heavy atom. The van der Waals surface area contributed by atoms with E-state index in [1.165, 1.54) is 44.1 Å².